The predicted octanol–water partition coefficient (Wildman–Crippen LogP) is 1.74. The van der Waals surface area contributed by atoms with Crippen LogP contribution in [0.3, 0.4) is 0 Å². The number of anilines is 1. The van der Waals surface area contributed by atoms with Crippen LogP contribution in [0.2, 0.25) is 0 Å². The van der Waals surface area contributed by atoms with Gasteiger partial charge in [0.2, 0.25) is 5.91 Å². The molecule has 6 heteroatoms. The largest absolute Gasteiger partial charge is 0.486 e. The molecule has 0 aliphatic carbocycles. The van der Waals surface area contributed by atoms with Crippen LogP contribution in [0, 0.1) is 0 Å². The van der Waals surface area contributed by atoms with Crippen LogP contribution in [0.1, 0.15) is 5.56 Å². The van der Waals surface area contributed by atoms with Gasteiger partial charge in [0, 0.05) is 44.3 Å². The van der Waals surface area contributed by atoms with E-state index in [1.54, 1.807) is 12.4 Å². The Kier molecular flexibility index (Phi) is 4.41. The number of hydrogen-bond donors (Lipinski definition) is 0. The number of amides is 1. The molecule has 0 spiro atoms. The number of nitrogens with zero attached hydrogens (tertiary/aromatic N) is 3. The normalized spacial score (nSPS) is 16.6. The molecule has 0 saturated carbocycles. The van der Waals surface area contributed by atoms with Crippen molar-refractivity contribution in [1.82, 2.24) is 9.88 Å². The second-order valence-corrected chi connectivity index (χ2v) is 6.23. The van der Waals surface area contributed by atoms with Crippen molar-refractivity contribution >= 4 is 11.6 Å². The molecule has 0 bridgehead atoms. The molecule has 2 aliphatic heterocycles. The van der Waals surface area contributed by atoms with E-state index in [4.69, 9.17) is 9.47 Å². The average Bonchev–Trinajstić information content (AvgIpc) is 2.69. The van der Waals surface area contributed by atoms with Crippen LogP contribution < -0.4 is 14.4 Å². The van der Waals surface area contributed by atoms with Gasteiger partial charge in [-0.25, -0.2) is 0 Å². The highest BCUT2D eigenvalue weighted by atomic mass is 16.6. The monoisotopic (exact) mass is 339 g/mol. The number of carbonyl (C=O) groups is 1. The fourth-order valence-electron chi connectivity index (χ4n) is 3.25. The van der Waals surface area contributed by atoms with Gasteiger partial charge in [0.25, 0.3) is 0 Å². The zero-order valence-electron chi connectivity index (χ0n) is 14.1. The Morgan fingerprint density at radius 1 is 0.960 bits per heavy atom. The van der Waals surface area contributed by atoms with Gasteiger partial charge in [-0.2, -0.15) is 0 Å². The van der Waals surface area contributed by atoms with Crippen molar-refractivity contribution in [3.63, 3.8) is 0 Å². The molecule has 1 saturated heterocycles. The molecule has 1 aromatic carbocycles. The number of ether oxygens (including phenoxy) is 2. The maximum Gasteiger partial charge on any atom is 0.227 e. The van der Waals surface area contributed by atoms with Crippen LogP contribution in [0.15, 0.2) is 42.7 Å². The summed E-state index contributed by atoms with van der Waals surface area (Å²) >= 11 is 0. The van der Waals surface area contributed by atoms with Gasteiger partial charge in [-0.05, 0) is 29.8 Å². The quantitative estimate of drug-likeness (QED) is 0.853. The lowest BCUT2D eigenvalue weighted by Crippen LogP contribution is -2.49. The molecule has 25 heavy (non-hydrogen) atoms. The van der Waals surface area contributed by atoms with Crippen molar-refractivity contribution in [3.8, 4) is 11.5 Å². The third-order valence-electron chi connectivity index (χ3n) is 4.62. The Bertz CT molecular complexity index is 743. The van der Waals surface area contributed by atoms with E-state index in [0.717, 1.165) is 48.9 Å². The molecule has 0 N–H and O–H groups in total. The first-order valence-corrected chi connectivity index (χ1v) is 8.61. The van der Waals surface area contributed by atoms with Gasteiger partial charge in [0.15, 0.2) is 11.5 Å². The van der Waals surface area contributed by atoms with Crippen LogP contribution in [0.25, 0.3) is 0 Å². The number of rotatable bonds is 3. The first-order chi connectivity index (χ1) is 12.3. The lowest BCUT2D eigenvalue weighted by Gasteiger charge is -2.36. The highest BCUT2D eigenvalue weighted by molar-refractivity contribution is 5.79. The fraction of sp³-hybridized carbons (Fsp3) is 0.368. The van der Waals surface area contributed by atoms with Crippen LogP contribution >= 0.6 is 0 Å². The van der Waals surface area contributed by atoms with Gasteiger partial charge in [0.05, 0.1) is 6.42 Å². The second kappa shape index (κ2) is 7.01. The maximum absolute atomic E-state index is 12.6. The first-order valence-electron chi connectivity index (χ1n) is 8.61. The van der Waals surface area contributed by atoms with E-state index in [1.807, 2.05) is 35.2 Å². The van der Waals surface area contributed by atoms with E-state index in [0.29, 0.717) is 19.6 Å². The van der Waals surface area contributed by atoms with E-state index in [2.05, 4.69) is 9.88 Å². The first kappa shape index (κ1) is 15.7. The number of piperazine rings is 1. The van der Waals surface area contributed by atoms with Crippen molar-refractivity contribution in [2.45, 2.75) is 6.42 Å². The molecule has 2 aliphatic rings. The molecule has 1 amide bonds. The van der Waals surface area contributed by atoms with Gasteiger partial charge in [-0.15, -0.1) is 0 Å². The molecule has 2 aromatic rings. The molecular weight excluding hydrogens is 318 g/mol. The number of benzene rings is 1. The summed E-state index contributed by atoms with van der Waals surface area (Å²) in [6.07, 6.45) is 4.00. The lowest BCUT2D eigenvalue weighted by molar-refractivity contribution is -0.130. The summed E-state index contributed by atoms with van der Waals surface area (Å²) in [5.74, 6) is 1.65. The van der Waals surface area contributed by atoms with E-state index in [9.17, 15) is 4.79 Å². The van der Waals surface area contributed by atoms with Crippen molar-refractivity contribution in [1.29, 1.82) is 0 Å². The Balaban J connectivity index is 1.35. The minimum atomic E-state index is 0.158. The van der Waals surface area contributed by atoms with E-state index in [1.165, 1.54) is 0 Å². The van der Waals surface area contributed by atoms with Gasteiger partial charge >= 0.3 is 0 Å². The van der Waals surface area contributed by atoms with Gasteiger partial charge in [-0.3, -0.25) is 9.78 Å². The molecule has 3 heterocycles. The standard InChI is InChI=1S/C19H21N3O3/c23-19(14-15-1-2-17-18(13-15)25-12-11-24-17)22-9-7-21(8-10-22)16-3-5-20-6-4-16/h1-6,13H,7-12,14H2. The van der Waals surface area contributed by atoms with E-state index < -0.39 is 0 Å². The molecular formula is C19H21N3O3. The van der Waals surface area contributed by atoms with Gasteiger partial charge in [-0.1, -0.05) is 6.07 Å². The summed E-state index contributed by atoms with van der Waals surface area (Å²) < 4.78 is 11.1. The van der Waals surface area contributed by atoms with Crippen LogP contribution in [-0.4, -0.2) is 55.2 Å². The summed E-state index contributed by atoms with van der Waals surface area (Å²) in [6, 6.07) is 9.76. The molecule has 1 fully saturated rings. The maximum atomic E-state index is 12.6. The van der Waals surface area contributed by atoms with Crippen LogP contribution in [-0.2, 0) is 11.2 Å². The number of aromatic nitrogens is 1. The van der Waals surface area contributed by atoms with Crippen molar-refractivity contribution < 1.29 is 14.3 Å². The summed E-state index contributed by atoms with van der Waals surface area (Å²) in [4.78, 5) is 20.9. The van der Waals surface area contributed by atoms with E-state index in [-0.39, 0.29) is 5.91 Å². The summed E-state index contributed by atoms with van der Waals surface area (Å²) in [7, 11) is 0. The molecule has 0 unspecified atom stereocenters. The molecule has 4 rings (SSSR count). The SMILES string of the molecule is O=C(Cc1ccc2c(c1)OCCO2)N1CCN(c2ccncc2)CC1. The number of fused-ring (bicyclic) bond motifs is 1. The van der Waals surface area contributed by atoms with Crippen molar-refractivity contribution in [2.24, 2.45) is 0 Å². The molecule has 0 radical (unpaired) electrons. The topological polar surface area (TPSA) is 54.9 Å². The summed E-state index contributed by atoms with van der Waals surface area (Å²) in [5, 5.41) is 0. The zero-order chi connectivity index (χ0) is 17.1. The van der Waals surface area contributed by atoms with Crippen molar-refractivity contribution in [2.75, 3.05) is 44.3 Å². The number of pyridine rings is 1. The minimum Gasteiger partial charge on any atom is -0.486 e. The van der Waals surface area contributed by atoms with Gasteiger partial charge < -0.3 is 19.3 Å². The van der Waals surface area contributed by atoms with Gasteiger partial charge in [0.1, 0.15) is 13.2 Å². The molecule has 6 nitrogen and oxygen atoms in total. The highest BCUT2D eigenvalue weighted by Crippen LogP contribution is 2.31. The fourth-order valence-corrected chi connectivity index (χ4v) is 3.25. The molecule has 1 aromatic heterocycles. The zero-order valence-corrected chi connectivity index (χ0v) is 14.1. The Hall–Kier alpha value is -2.76. The highest BCUT2D eigenvalue weighted by Gasteiger charge is 2.22. The number of carbonyl (C=O) groups excluding carboxylic acids is 1. The predicted molar refractivity (Wildman–Crippen MR) is 94.2 cm³/mol. The molecule has 130 valence electrons. The minimum absolute atomic E-state index is 0.158. The van der Waals surface area contributed by atoms with Crippen LogP contribution in [0.5, 0.6) is 11.5 Å². The van der Waals surface area contributed by atoms with E-state index >= 15 is 0 Å². The lowest BCUT2D eigenvalue weighted by atomic mass is 10.1. The second-order valence-electron chi connectivity index (χ2n) is 6.23. The third kappa shape index (κ3) is 3.52. The Labute approximate surface area is 147 Å². The smallest absolute Gasteiger partial charge is 0.227 e. The summed E-state index contributed by atoms with van der Waals surface area (Å²) in [5.41, 5.74) is 2.12. The average molecular weight is 339 g/mol. The Morgan fingerprint density at radius 2 is 1.68 bits per heavy atom. The van der Waals surface area contributed by atoms with Crippen LogP contribution in [0.4, 0.5) is 5.69 Å². The number of hydrogen-bond acceptors (Lipinski definition) is 5. The van der Waals surface area contributed by atoms with Crippen molar-refractivity contribution in [3.05, 3.63) is 48.3 Å². The Morgan fingerprint density at radius 3 is 2.44 bits per heavy atom. The third-order valence-corrected chi connectivity index (χ3v) is 4.62. The summed E-state index contributed by atoms with van der Waals surface area (Å²) in [6.45, 7) is 4.31. The molecule has 0 atom stereocenters.